The van der Waals surface area contributed by atoms with Gasteiger partial charge in [0.2, 0.25) is 0 Å². The SMILES string of the molecule is O=C(NC1CCCN(c2cc(-c3ccccc3)[nH]n2)C1)c1ccc2cc[nH]c2c1. The van der Waals surface area contributed by atoms with E-state index in [0.717, 1.165) is 53.9 Å². The summed E-state index contributed by atoms with van der Waals surface area (Å²) in [5.74, 6) is 0.899. The van der Waals surface area contributed by atoms with Gasteiger partial charge in [0.15, 0.2) is 5.82 Å². The number of benzene rings is 2. The zero-order chi connectivity index (χ0) is 19.6. The fraction of sp³-hybridized carbons (Fsp3) is 0.217. The van der Waals surface area contributed by atoms with Crippen molar-refractivity contribution in [2.75, 3.05) is 18.0 Å². The third-order valence-corrected chi connectivity index (χ3v) is 5.55. The summed E-state index contributed by atoms with van der Waals surface area (Å²) in [5.41, 5.74) is 3.79. The van der Waals surface area contributed by atoms with Crippen LogP contribution in [0.4, 0.5) is 5.82 Å². The van der Waals surface area contributed by atoms with Crippen LogP contribution in [0.5, 0.6) is 0 Å². The van der Waals surface area contributed by atoms with Crippen LogP contribution in [0.3, 0.4) is 0 Å². The van der Waals surface area contributed by atoms with E-state index in [9.17, 15) is 4.79 Å². The Bertz CT molecular complexity index is 1130. The van der Waals surface area contributed by atoms with Crippen molar-refractivity contribution in [1.82, 2.24) is 20.5 Å². The topological polar surface area (TPSA) is 76.8 Å². The highest BCUT2D eigenvalue weighted by atomic mass is 16.1. The molecule has 0 spiro atoms. The van der Waals surface area contributed by atoms with Gasteiger partial charge < -0.3 is 15.2 Å². The molecule has 1 unspecified atom stereocenters. The lowest BCUT2D eigenvalue weighted by atomic mass is 10.0. The number of rotatable bonds is 4. The largest absolute Gasteiger partial charge is 0.361 e. The number of carbonyl (C=O) groups is 1. The quantitative estimate of drug-likeness (QED) is 0.498. The first-order valence-corrected chi connectivity index (χ1v) is 10.00. The highest BCUT2D eigenvalue weighted by Gasteiger charge is 2.23. The van der Waals surface area contributed by atoms with Crippen molar-refractivity contribution in [3.8, 4) is 11.3 Å². The molecule has 5 rings (SSSR count). The van der Waals surface area contributed by atoms with Crippen LogP contribution in [0.1, 0.15) is 23.2 Å². The van der Waals surface area contributed by atoms with Crippen molar-refractivity contribution in [2.45, 2.75) is 18.9 Å². The normalized spacial score (nSPS) is 16.8. The minimum atomic E-state index is -0.0275. The number of nitrogens with zero attached hydrogens (tertiary/aromatic N) is 2. The predicted molar refractivity (Wildman–Crippen MR) is 115 cm³/mol. The molecule has 4 aromatic rings. The van der Waals surface area contributed by atoms with Gasteiger partial charge in [0.05, 0.1) is 5.69 Å². The van der Waals surface area contributed by atoms with Crippen molar-refractivity contribution < 1.29 is 4.79 Å². The first-order valence-electron chi connectivity index (χ1n) is 10.00. The molecule has 3 heterocycles. The number of hydrogen-bond donors (Lipinski definition) is 3. The molecule has 2 aromatic carbocycles. The lowest BCUT2D eigenvalue weighted by Crippen LogP contribution is -2.48. The second kappa shape index (κ2) is 7.47. The number of amides is 1. The van der Waals surface area contributed by atoms with E-state index in [-0.39, 0.29) is 11.9 Å². The van der Waals surface area contributed by atoms with Crippen molar-refractivity contribution in [3.05, 3.63) is 72.4 Å². The molecule has 1 atom stereocenters. The van der Waals surface area contributed by atoms with Crippen LogP contribution >= 0.6 is 0 Å². The smallest absolute Gasteiger partial charge is 0.251 e. The molecule has 0 saturated carbocycles. The number of piperidine rings is 1. The van der Waals surface area contributed by atoms with Gasteiger partial charge in [0.25, 0.3) is 5.91 Å². The van der Waals surface area contributed by atoms with Crippen molar-refractivity contribution in [1.29, 1.82) is 0 Å². The summed E-state index contributed by atoms with van der Waals surface area (Å²) in [6, 6.07) is 20.1. The Morgan fingerprint density at radius 2 is 2.00 bits per heavy atom. The predicted octanol–water partition coefficient (Wildman–Crippen LogP) is 3.96. The maximum atomic E-state index is 12.7. The van der Waals surface area contributed by atoms with Gasteiger partial charge in [-0.15, -0.1) is 0 Å². The zero-order valence-corrected chi connectivity index (χ0v) is 16.1. The van der Waals surface area contributed by atoms with Crippen molar-refractivity contribution in [3.63, 3.8) is 0 Å². The van der Waals surface area contributed by atoms with Crippen LogP contribution in [0.2, 0.25) is 0 Å². The monoisotopic (exact) mass is 385 g/mol. The fourth-order valence-corrected chi connectivity index (χ4v) is 4.00. The number of aromatic amines is 2. The highest BCUT2D eigenvalue weighted by Crippen LogP contribution is 2.24. The highest BCUT2D eigenvalue weighted by molar-refractivity contribution is 5.98. The molecule has 29 heavy (non-hydrogen) atoms. The fourth-order valence-electron chi connectivity index (χ4n) is 4.00. The Kier molecular flexibility index (Phi) is 4.52. The summed E-state index contributed by atoms with van der Waals surface area (Å²) in [7, 11) is 0. The minimum absolute atomic E-state index is 0.0275. The van der Waals surface area contributed by atoms with Crippen molar-refractivity contribution in [2.24, 2.45) is 0 Å². The van der Waals surface area contributed by atoms with Gasteiger partial charge in [-0.05, 0) is 42.0 Å². The molecule has 0 radical (unpaired) electrons. The summed E-state index contributed by atoms with van der Waals surface area (Å²) in [5, 5.41) is 11.9. The van der Waals surface area contributed by atoms with Gasteiger partial charge in [-0.1, -0.05) is 36.4 Å². The van der Waals surface area contributed by atoms with Gasteiger partial charge in [-0.25, -0.2) is 0 Å². The molecule has 146 valence electrons. The average molecular weight is 385 g/mol. The first kappa shape index (κ1) is 17.6. The van der Waals surface area contributed by atoms with E-state index >= 15 is 0 Å². The maximum absolute atomic E-state index is 12.7. The number of carbonyl (C=O) groups excluding carboxylic acids is 1. The Hall–Kier alpha value is -3.54. The first-order chi connectivity index (χ1) is 14.3. The van der Waals surface area contributed by atoms with Crippen LogP contribution < -0.4 is 10.2 Å². The third kappa shape index (κ3) is 3.61. The van der Waals surface area contributed by atoms with Gasteiger partial charge in [-0.2, -0.15) is 5.10 Å². The molecule has 6 heteroatoms. The van der Waals surface area contributed by atoms with Crippen molar-refractivity contribution >= 4 is 22.6 Å². The van der Waals surface area contributed by atoms with Crippen LogP contribution in [0.15, 0.2) is 66.9 Å². The van der Waals surface area contributed by atoms with Crippen LogP contribution in [-0.4, -0.2) is 40.2 Å². The summed E-state index contributed by atoms with van der Waals surface area (Å²) >= 11 is 0. The molecule has 6 nitrogen and oxygen atoms in total. The number of aromatic nitrogens is 3. The minimum Gasteiger partial charge on any atom is -0.361 e. The van der Waals surface area contributed by atoms with E-state index in [1.165, 1.54) is 0 Å². The number of H-pyrrole nitrogens is 2. The molecule has 1 fully saturated rings. The summed E-state index contributed by atoms with van der Waals surface area (Å²) in [6.45, 7) is 1.70. The Balaban J connectivity index is 1.27. The zero-order valence-electron chi connectivity index (χ0n) is 16.1. The van der Waals surface area contributed by atoms with Crippen LogP contribution in [0, 0.1) is 0 Å². The summed E-state index contributed by atoms with van der Waals surface area (Å²) in [4.78, 5) is 18.1. The van der Waals surface area contributed by atoms with E-state index in [1.807, 2.05) is 48.7 Å². The lowest BCUT2D eigenvalue weighted by Gasteiger charge is -2.33. The number of hydrogen-bond acceptors (Lipinski definition) is 3. The average Bonchev–Trinajstić information content (AvgIpc) is 3.44. The third-order valence-electron chi connectivity index (χ3n) is 5.55. The molecule has 1 aliphatic rings. The Morgan fingerprint density at radius 1 is 1.10 bits per heavy atom. The Labute approximate surface area is 168 Å². The molecule has 1 amide bonds. The number of fused-ring (bicyclic) bond motifs is 1. The molecule has 0 aliphatic carbocycles. The molecule has 3 N–H and O–H groups in total. The molecular formula is C23H23N5O. The molecular weight excluding hydrogens is 362 g/mol. The lowest BCUT2D eigenvalue weighted by molar-refractivity contribution is 0.0933. The summed E-state index contributed by atoms with van der Waals surface area (Å²) < 4.78 is 0. The molecule has 1 saturated heterocycles. The summed E-state index contributed by atoms with van der Waals surface area (Å²) in [6.07, 6.45) is 3.88. The van der Waals surface area contributed by atoms with Gasteiger partial charge >= 0.3 is 0 Å². The number of anilines is 1. The maximum Gasteiger partial charge on any atom is 0.251 e. The van der Waals surface area contributed by atoms with E-state index < -0.39 is 0 Å². The molecule has 1 aliphatic heterocycles. The van der Waals surface area contributed by atoms with E-state index in [1.54, 1.807) is 0 Å². The second-order valence-electron chi connectivity index (χ2n) is 7.54. The molecule has 2 aromatic heterocycles. The number of nitrogens with one attached hydrogen (secondary N) is 3. The second-order valence-corrected chi connectivity index (χ2v) is 7.54. The van der Waals surface area contributed by atoms with Gasteiger partial charge in [0, 0.05) is 42.5 Å². The van der Waals surface area contributed by atoms with E-state index in [0.29, 0.717) is 5.56 Å². The van der Waals surface area contributed by atoms with E-state index in [4.69, 9.17) is 0 Å². The van der Waals surface area contributed by atoms with Crippen LogP contribution in [-0.2, 0) is 0 Å². The van der Waals surface area contributed by atoms with Gasteiger partial charge in [-0.3, -0.25) is 9.89 Å². The van der Waals surface area contributed by atoms with Crippen LogP contribution in [0.25, 0.3) is 22.2 Å². The molecule has 0 bridgehead atoms. The standard InChI is InChI=1S/C23H23N5O/c29-23(18-9-8-17-10-11-24-20(17)13-18)25-19-7-4-12-28(15-19)22-14-21(26-27-22)16-5-2-1-3-6-16/h1-3,5-6,8-11,13-14,19,24H,4,7,12,15H2,(H,25,29)(H,26,27). The van der Waals surface area contributed by atoms with Gasteiger partial charge in [0.1, 0.15) is 0 Å². The van der Waals surface area contributed by atoms with E-state index in [2.05, 4.69) is 43.6 Å². The Morgan fingerprint density at radius 3 is 2.90 bits per heavy atom.